The summed E-state index contributed by atoms with van der Waals surface area (Å²) >= 11 is 0. The van der Waals surface area contributed by atoms with Gasteiger partial charge < -0.3 is 10.5 Å². The van der Waals surface area contributed by atoms with E-state index in [4.69, 9.17) is 4.74 Å². The lowest BCUT2D eigenvalue weighted by molar-refractivity contribution is -0.386. The maximum Gasteiger partial charge on any atom is 0.310 e. The molecule has 5 heteroatoms. The molecule has 0 saturated heterocycles. The topological polar surface area (TPSA) is 80.0 Å². The number of rotatable bonds is 5. The lowest BCUT2D eigenvalue weighted by Crippen LogP contribution is -2.50. The molecule has 14 heavy (non-hydrogen) atoms. The van der Waals surface area contributed by atoms with Gasteiger partial charge in [-0.1, -0.05) is 12.1 Å². The summed E-state index contributed by atoms with van der Waals surface area (Å²) in [5.41, 5.74) is 3.67. The summed E-state index contributed by atoms with van der Waals surface area (Å²) in [5.74, 6) is 0.325. The van der Waals surface area contributed by atoms with Crippen LogP contribution in [0.1, 0.15) is 6.42 Å². The maximum atomic E-state index is 10.6. The molecule has 1 aromatic carbocycles. The monoisotopic (exact) mass is 197 g/mol. The zero-order valence-corrected chi connectivity index (χ0v) is 7.81. The first-order valence-corrected chi connectivity index (χ1v) is 4.41. The molecule has 0 heterocycles. The van der Waals surface area contributed by atoms with Crippen LogP contribution in [-0.2, 0) is 0 Å². The van der Waals surface area contributed by atoms with E-state index < -0.39 is 4.92 Å². The minimum atomic E-state index is -0.445. The van der Waals surface area contributed by atoms with E-state index in [0.29, 0.717) is 12.4 Å². The molecule has 0 unspecified atom stereocenters. The molecule has 0 aliphatic carbocycles. The maximum absolute atomic E-state index is 10.6. The van der Waals surface area contributed by atoms with E-state index in [9.17, 15) is 10.1 Å². The Balaban J connectivity index is 2.69. The van der Waals surface area contributed by atoms with Gasteiger partial charge in [0, 0.05) is 12.5 Å². The van der Waals surface area contributed by atoms with Gasteiger partial charge in [-0.3, -0.25) is 10.1 Å². The Morgan fingerprint density at radius 2 is 2.14 bits per heavy atom. The third kappa shape index (κ3) is 2.70. The quantitative estimate of drug-likeness (QED) is 0.426. The van der Waals surface area contributed by atoms with Crippen molar-refractivity contribution in [1.82, 2.24) is 0 Å². The summed E-state index contributed by atoms with van der Waals surface area (Å²) in [6.07, 6.45) is 0.798. The van der Waals surface area contributed by atoms with Crippen molar-refractivity contribution in [2.45, 2.75) is 6.42 Å². The van der Waals surface area contributed by atoms with Crippen LogP contribution in [0.3, 0.4) is 0 Å². The Kier molecular flexibility index (Phi) is 3.87. The molecule has 0 fully saturated rings. The molecule has 0 radical (unpaired) electrons. The summed E-state index contributed by atoms with van der Waals surface area (Å²) in [4.78, 5) is 10.1. The van der Waals surface area contributed by atoms with Crippen molar-refractivity contribution in [2.24, 2.45) is 0 Å². The molecule has 0 amide bonds. The molecule has 76 valence electrons. The number of para-hydroxylation sites is 2. The van der Waals surface area contributed by atoms with Crippen LogP contribution < -0.4 is 10.5 Å². The van der Waals surface area contributed by atoms with E-state index in [-0.39, 0.29) is 5.69 Å². The Labute approximate surface area is 81.6 Å². The molecule has 0 aliphatic heterocycles. The molecule has 1 rings (SSSR count). The zero-order valence-electron chi connectivity index (χ0n) is 7.81. The highest BCUT2D eigenvalue weighted by Gasteiger charge is 2.12. The summed E-state index contributed by atoms with van der Waals surface area (Å²) < 4.78 is 5.26. The van der Waals surface area contributed by atoms with Gasteiger partial charge in [0.05, 0.1) is 18.1 Å². The van der Waals surface area contributed by atoms with Crippen LogP contribution in [0.2, 0.25) is 0 Å². The first kappa shape index (κ1) is 10.5. The molecular weight excluding hydrogens is 184 g/mol. The van der Waals surface area contributed by atoms with E-state index in [1.54, 1.807) is 18.2 Å². The van der Waals surface area contributed by atoms with Crippen LogP contribution in [-0.4, -0.2) is 18.1 Å². The van der Waals surface area contributed by atoms with Crippen molar-refractivity contribution in [3.63, 3.8) is 0 Å². The lowest BCUT2D eigenvalue weighted by Gasteiger charge is -2.04. The Bertz CT molecular complexity index is 315. The third-order valence-corrected chi connectivity index (χ3v) is 1.71. The number of nitro benzene ring substituents is 1. The van der Waals surface area contributed by atoms with Crippen molar-refractivity contribution in [3.8, 4) is 5.75 Å². The molecule has 0 saturated carbocycles. The van der Waals surface area contributed by atoms with Crippen LogP contribution in [0, 0.1) is 10.1 Å². The van der Waals surface area contributed by atoms with Crippen molar-refractivity contribution in [3.05, 3.63) is 34.4 Å². The van der Waals surface area contributed by atoms with Gasteiger partial charge >= 0.3 is 5.69 Å². The van der Waals surface area contributed by atoms with E-state index in [1.165, 1.54) is 6.07 Å². The fourth-order valence-electron chi connectivity index (χ4n) is 1.01. The predicted octanol–water partition coefficient (Wildman–Crippen LogP) is 0.606. The highest BCUT2D eigenvalue weighted by atomic mass is 16.6. The number of hydrogen-bond donors (Lipinski definition) is 1. The van der Waals surface area contributed by atoms with Crippen molar-refractivity contribution in [2.75, 3.05) is 13.2 Å². The normalized spacial score (nSPS) is 9.79. The molecule has 0 aliphatic rings. The Morgan fingerprint density at radius 1 is 1.43 bits per heavy atom. The second-order valence-corrected chi connectivity index (χ2v) is 2.78. The SMILES string of the molecule is [NH3+]CCCOc1ccccc1[N+](=O)[O-]. The standard InChI is InChI=1S/C9H12N2O3/c10-6-3-7-14-9-5-2-1-4-8(9)11(12)13/h1-2,4-5H,3,6-7,10H2/p+1. The molecule has 0 aromatic heterocycles. The van der Waals surface area contributed by atoms with Crippen LogP contribution in [0.15, 0.2) is 24.3 Å². The fourth-order valence-corrected chi connectivity index (χ4v) is 1.01. The number of quaternary nitrogens is 1. The molecule has 0 atom stereocenters. The van der Waals surface area contributed by atoms with Crippen LogP contribution in [0.4, 0.5) is 5.69 Å². The molecule has 0 spiro atoms. The largest absolute Gasteiger partial charge is 0.487 e. The average Bonchev–Trinajstić information content (AvgIpc) is 2.19. The molecule has 0 bridgehead atoms. The van der Waals surface area contributed by atoms with E-state index in [0.717, 1.165) is 13.0 Å². The van der Waals surface area contributed by atoms with Crippen LogP contribution in [0.25, 0.3) is 0 Å². The van der Waals surface area contributed by atoms with Gasteiger partial charge in [-0.2, -0.15) is 0 Å². The van der Waals surface area contributed by atoms with Gasteiger partial charge in [0.2, 0.25) is 0 Å². The number of ether oxygens (including phenoxy) is 1. The van der Waals surface area contributed by atoms with Crippen molar-refractivity contribution in [1.29, 1.82) is 0 Å². The second-order valence-electron chi connectivity index (χ2n) is 2.78. The summed E-state index contributed by atoms with van der Waals surface area (Å²) in [6.45, 7) is 1.23. The minimum Gasteiger partial charge on any atom is -0.487 e. The van der Waals surface area contributed by atoms with Gasteiger partial charge in [0.15, 0.2) is 5.75 Å². The van der Waals surface area contributed by atoms with Gasteiger partial charge in [0.25, 0.3) is 0 Å². The van der Waals surface area contributed by atoms with Crippen LogP contribution >= 0.6 is 0 Å². The third-order valence-electron chi connectivity index (χ3n) is 1.71. The van der Waals surface area contributed by atoms with E-state index in [1.807, 2.05) is 0 Å². The minimum absolute atomic E-state index is 0.0107. The second kappa shape index (κ2) is 5.18. The highest BCUT2D eigenvalue weighted by molar-refractivity contribution is 5.45. The zero-order chi connectivity index (χ0) is 10.4. The summed E-state index contributed by atoms with van der Waals surface area (Å²) in [5, 5.41) is 10.6. The molecule has 3 N–H and O–H groups in total. The van der Waals surface area contributed by atoms with Gasteiger partial charge in [-0.15, -0.1) is 0 Å². The highest BCUT2D eigenvalue weighted by Crippen LogP contribution is 2.25. The number of hydrogen-bond acceptors (Lipinski definition) is 3. The lowest BCUT2D eigenvalue weighted by atomic mass is 10.3. The van der Waals surface area contributed by atoms with E-state index >= 15 is 0 Å². The van der Waals surface area contributed by atoms with Gasteiger partial charge in [-0.25, -0.2) is 0 Å². The molecule has 5 nitrogen and oxygen atoms in total. The molecular formula is C9H13N2O3+. The van der Waals surface area contributed by atoms with Crippen molar-refractivity contribution < 1.29 is 15.4 Å². The van der Waals surface area contributed by atoms with Crippen LogP contribution in [0.5, 0.6) is 5.75 Å². The van der Waals surface area contributed by atoms with Gasteiger partial charge in [-0.05, 0) is 6.07 Å². The smallest absolute Gasteiger partial charge is 0.310 e. The van der Waals surface area contributed by atoms with E-state index in [2.05, 4.69) is 5.73 Å². The number of nitro groups is 1. The first-order chi connectivity index (χ1) is 6.75. The number of benzene rings is 1. The number of nitrogens with zero attached hydrogens (tertiary/aromatic N) is 1. The first-order valence-electron chi connectivity index (χ1n) is 4.41. The fraction of sp³-hybridized carbons (Fsp3) is 0.333. The summed E-state index contributed by atoms with van der Waals surface area (Å²) in [7, 11) is 0. The van der Waals surface area contributed by atoms with Gasteiger partial charge in [0.1, 0.15) is 0 Å². The molecule has 1 aromatic rings. The Hall–Kier alpha value is -1.62. The summed E-state index contributed by atoms with van der Waals surface area (Å²) in [6, 6.07) is 6.36. The average molecular weight is 197 g/mol. The Morgan fingerprint density at radius 3 is 2.79 bits per heavy atom. The van der Waals surface area contributed by atoms with Crippen molar-refractivity contribution >= 4 is 5.69 Å². The predicted molar refractivity (Wildman–Crippen MR) is 51.0 cm³/mol.